The fourth-order valence-electron chi connectivity index (χ4n) is 2.20. The Morgan fingerprint density at radius 1 is 1.43 bits per heavy atom. The van der Waals surface area contributed by atoms with Crippen LogP contribution in [-0.2, 0) is 9.59 Å². The third-order valence-electron chi connectivity index (χ3n) is 3.48. The van der Waals surface area contributed by atoms with Crippen LogP contribution >= 0.6 is 11.3 Å². The molecule has 21 heavy (non-hydrogen) atoms. The summed E-state index contributed by atoms with van der Waals surface area (Å²) < 4.78 is 0. The van der Waals surface area contributed by atoms with Gasteiger partial charge in [-0.1, -0.05) is 19.8 Å². The van der Waals surface area contributed by atoms with Gasteiger partial charge in [0.1, 0.15) is 6.54 Å². The highest BCUT2D eigenvalue weighted by Crippen LogP contribution is 2.27. The predicted octanol–water partition coefficient (Wildman–Crippen LogP) is 2.96. The SMILES string of the molecule is CCCCCC(=O)N(CC(=O)Nc1ncc(C)s1)C1CC1. The van der Waals surface area contributed by atoms with Gasteiger partial charge in [0, 0.05) is 23.5 Å². The quantitative estimate of drug-likeness (QED) is 0.751. The summed E-state index contributed by atoms with van der Waals surface area (Å²) in [5, 5.41) is 3.38. The van der Waals surface area contributed by atoms with Gasteiger partial charge in [0.05, 0.1) is 0 Å². The number of hydrogen-bond donors (Lipinski definition) is 1. The van der Waals surface area contributed by atoms with Gasteiger partial charge in [0.25, 0.3) is 0 Å². The molecular formula is C15H23N3O2S. The molecule has 0 saturated heterocycles. The molecule has 2 amide bonds. The first-order valence-electron chi connectivity index (χ1n) is 7.62. The lowest BCUT2D eigenvalue weighted by Gasteiger charge is -2.21. The Morgan fingerprint density at radius 3 is 2.76 bits per heavy atom. The average Bonchev–Trinajstić information content (AvgIpc) is 3.20. The first-order valence-corrected chi connectivity index (χ1v) is 8.43. The minimum Gasteiger partial charge on any atom is -0.330 e. The highest BCUT2D eigenvalue weighted by molar-refractivity contribution is 7.15. The molecular weight excluding hydrogens is 286 g/mol. The second-order valence-electron chi connectivity index (χ2n) is 5.53. The molecule has 5 nitrogen and oxygen atoms in total. The van der Waals surface area contributed by atoms with Gasteiger partial charge in [-0.05, 0) is 26.2 Å². The number of carbonyl (C=O) groups excluding carboxylic acids is 2. The van der Waals surface area contributed by atoms with E-state index in [9.17, 15) is 9.59 Å². The lowest BCUT2D eigenvalue weighted by molar-refractivity contribution is -0.135. The third kappa shape index (κ3) is 5.12. The zero-order valence-corrected chi connectivity index (χ0v) is 13.5. The molecule has 0 aliphatic heterocycles. The zero-order valence-electron chi connectivity index (χ0n) is 12.7. The first-order chi connectivity index (χ1) is 10.1. The maximum absolute atomic E-state index is 12.2. The molecule has 1 aromatic heterocycles. The Bertz CT molecular complexity index is 497. The van der Waals surface area contributed by atoms with Crippen molar-refractivity contribution in [3.63, 3.8) is 0 Å². The summed E-state index contributed by atoms with van der Waals surface area (Å²) in [6.07, 6.45) is 7.39. The summed E-state index contributed by atoms with van der Waals surface area (Å²) in [6, 6.07) is 0.267. The first kappa shape index (κ1) is 15.9. The van der Waals surface area contributed by atoms with Crippen molar-refractivity contribution in [3.8, 4) is 0 Å². The van der Waals surface area contributed by atoms with E-state index < -0.39 is 0 Å². The van der Waals surface area contributed by atoms with Gasteiger partial charge in [-0.3, -0.25) is 9.59 Å². The van der Waals surface area contributed by atoms with Crippen LogP contribution in [0.1, 0.15) is 50.3 Å². The number of thiazole rings is 1. The van der Waals surface area contributed by atoms with Crippen LogP contribution in [0.5, 0.6) is 0 Å². The van der Waals surface area contributed by atoms with Crippen LogP contribution < -0.4 is 5.32 Å². The molecule has 0 radical (unpaired) electrons. The predicted molar refractivity (Wildman–Crippen MR) is 84.4 cm³/mol. The molecule has 2 rings (SSSR count). The van der Waals surface area contributed by atoms with Crippen LogP contribution in [0.2, 0.25) is 0 Å². The number of aromatic nitrogens is 1. The van der Waals surface area contributed by atoms with Crippen LogP contribution in [0, 0.1) is 6.92 Å². The molecule has 0 bridgehead atoms. The molecule has 6 heteroatoms. The molecule has 0 unspecified atom stereocenters. The van der Waals surface area contributed by atoms with E-state index in [2.05, 4.69) is 17.2 Å². The summed E-state index contributed by atoms with van der Waals surface area (Å²) in [5.74, 6) is -0.0449. The van der Waals surface area contributed by atoms with Crippen molar-refractivity contribution in [3.05, 3.63) is 11.1 Å². The number of carbonyl (C=O) groups is 2. The van der Waals surface area contributed by atoms with Gasteiger partial charge in [-0.25, -0.2) is 4.98 Å². The van der Waals surface area contributed by atoms with Crippen LogP contribution in [0.25, 0.3) is 0 Å². The number of amides is 2. The minimum atomic E-state index is -0.153. The Hall–Kier alpha value is -1.43. The van der Waals surface area contributed by atoms with E-state index >= 15 is 0 Å². The number of aryl methyl sites for hydroxylation is 1. The van der Waals surface area contributed by atoms with Crippen LogP contribution in [0.3, 0.4) is 0 Å². The van der Waals surface area contributed by atoms with E-state index in [-0.39, 0.29) is 24.4 Å². The van der Waals surface area contributed by atoms with Crippen molar-refractivity contribution in [2.24, 2.45) is 0 Å². The average molecular weight is 309 g/mol. The van der Waals surface area contributed by atoms with E-state index in [1.807, 2.05) is 6.92 Å². The van der Waals surface area contributed by atoms with Gasteiger partial charge in [0.15, 0.2) is 5.13 Å². The fourth-order valence-corrected chi connectivity index (χ4v) is 2.88. The van der Waals surface area contributed by atoms with Gasteiger partial charge in [-0.15, -0.1) is 11.3 Å². The largest absolute Gasteiger partial charge is 0.330 e. The maximum Gasteiger partial charge on any atom is 0.245 e. The molecule has 116 valence electrons. The van der Waals surface area contributed by atoms with Crippen molar-refractivity contribution in [2.45, 2.75) is 58.4 Å². The van der Waals surface area contributed by atoms with Gasteiger partial charge in [-0.2, -0.15) is 0 Å². The summed E-state index contributed by atoms with van der Waals surface area (Å²) in [5.41, 5.74) is 0. The van der Waals surface area contributed by atoms with E-state index in [1.54, 1.807) is 11.1 Å². The maximum atomic E-state index is 12.2. The second kappa shape index (κ2) is 7.54. The molecule has 1 aliphatic rings. The Labute approximate surface area is 129 Å². The number of nitrogens with one attached hydrogen (secondary N) is 1. The lowest BCUT2D eigenvalue weighted by Crippen LogP contribution is -2.39. The number of rotatable bonds is 8. The highest BCUT2D eigenvalue weighted by Gasteiger charge is 2.33. The lowest BCUT2D eigenvalue weighted by atomic mass is 10.2. The normalized spacial score (nSPS) is 14.0. The van der Waals surface area contributed by atoms with Crippen LogP contribution in [0.4, 0.5) is 5.13 Å². The van der Waals surface area contributed by atoms with Crippen molar-refractivity contribution < 1.29 is 9.59 Å². The van der Waals surface area contributed by atoms with Crippen molar-refractivity contribution in [1.29, 1.82) is 0 Å². The molecule has 1 aliphatic carbocycles. The fraction of sp³-hybridized carbons (Fsp3) is 0.667. The Balaban J connectivity index is 1.84. The number of hydrogen-bond acceptors (Lipinski definition) is 4. The Morgan fingerprint density at radius 2 is 2.19 bits per heavy atom. The standard InChI is InChI=1S/C15H23N3O2S/c1-3-4-5-6-14(20)18(12-7-8-12)10-13(19)17-15-16-9-11(2)21-15/h9,12H,3-8,10H2,1-2H3,(H,16,17,19). The molecule has 1 saturated carbocycles. The van der Waals surface area contributed by atoms with E-state index in [0.29, 0.717) is 11.6 Å². The summed E-state index contributed by atoms with van der Waals surface area (Å²) in [6.45, 7) is 4.21. The van der Waals surface area contributed by atoms with Crippen LogP contribution in [-0.4, -0.2) is 34.3 Å². The van der Waals surface area contributed by atoms with E-state index in [0.717, 1.165) is 37.0 Å². The van der Waals surface area contributed by atoms with E-state index in [1.165, 1.54) is 11.3 Å². The minimum absolute atomic E-state index is 0.108. The summed E-state index contributed by atoms with van der Waals surface area (Å²) in [4.78, 5) is 31.2. The number of anilines is 1. The molecule has 1 fully saturated rings. The molecule has 0 spiro atoms. The molecule has 0 atom stereocenters. The zero-order chi connectivity index (χ0) is 15.2. The number of unbranched alkanes of at least 4 members (excludes halogenated alkanes) is 2. The summed E-state index contributed by atoms with van der Waals surface area (Å²) in [7, 11) is 0. The molecule has 0 aromatic carbocycles. The Kier molecular flexibility index (Phi) is 5.73. The number of nitrogens with zero attached hydrogens (tertiary/aromatic N) is 2. The van der Waals surface area contributed by atoms with Gasteiger partial charge >= 0.3 is 0 Å². The van der Waals surface area contributed by atoms with Gasteiger partial charge in [0.2, 0.25) is 11.8 Å². The van der Waals surface area contributed by atoms with Crippen molar-refractivity contribution in [1.82, 2.24) is 9.88 Å². The third-order valence-corrected chi connectivity index (χ3v) is 4.31. The van der Waals surface area contributed by atoms with Crippen molar-refractivity contribution >= 4 is 28.3 Å². The topological polar surface area (TPSA) is 62.3 Å². The molecule has 1 N–H and O–H groups in total. The second-order valence-corrected chi connectivity index (χ2v) is 6.77. The monoisotopic (exact) mass is 309 g/mol. The smallest absolute Gasteiger partial charge is 0.245 e. The molecule has 1 heterocycles. The molecule has 1 aromatic rings. The highest BCUT2D eigenvalue weighted by atomic mass is 32.1. The van der Waals surface area contributed by atoms with E-state index in [4.69, 9.17) is 0 Å². The summed E-state index contributed by atoms with van der Waals surface area (Å²) >= 11 is 1.45. The van der Waals surface area contributed by atoms with Gasteiger partial charge < -0.3 is 10.2 Å². The van der Waals surface area contributed by atoms with Crippen molar-refractivity contribution in [2.75, 3.05) is 11.9 Å². The van der Waals surface area contributed by atoms with Crippen LogP contribution in [0.15, 0.2) is 6.20 Å².